The standard InChI is InChI=1S/C13H18O3S/c1-4-7-17-9-11(14)10-5-6-12(15-2)13(8-10)16-3/h5-6,8H,4,7,9H2,1-3H3. The van der Waals surface area contributed by atoms with Crippen LogP contribution in [-0.4, -0.2) is 31.5 Å². The van der Waals surface area contributed by atoms with E-state index in [0.717, 1.165) is 12.2 Å². The lowest BCUT2D eigenvalue weighted by atomic mass is 10.1. The summed E-state index contributed by atoms with van der Waals surface area (Å²) in [7, 11) is 3.15. The number of hydrogen-bond donors (Lipinski definition) is 0. The van der Waals surface area contributed by atoms with Gasteiger partial charge in [-0.25, -0.2) is 0 Å². The van der Waals surface area contributed by atoms with Gasteiger partial charge >= 0.3 is 0 Å². The third-order valence-electron chi connectivity index (χ3n) is 2.29. The van der Waals surface area contributed by atoms with Crippen LogP contribution in [0.3, 0.4) is 0 Å². The number of Topliss-reactive ketones (excluding diaryl/α,β-unsaturated/α-hetero) is 1. The summed E-state index contributed by atoms with van der Waals surface area (Å²) in [5.41, 5.74) is 0.672. The molecule has 0 amide bonds. The largest absolute Gasteiger partial charge is 0.493 e. The van der Waals surface area contributed by atoms with Crippen LogP contribution < -0.4 is 9.47 Å². The molecule has 0 N–H and O–H groups in total. The Morgan fingerprint density at radius 2 is 1.94 bits per heavy atom. The maximum Gasteiger partial charge on any atom is 0.172 e. The van der Waals surface area contributed by atoms with E-state index < -0.39 is 0 Å². The van der Waals surface area contributed by atoms with Crippen LogP contribution in [0.4, 0.5) is 0 Å². The SMILES string of the molecule is CCCSCC(=O)c1ccc(OC)c(OC)c1. The Morgan fingerprint density at radius 3 is 2.53 bits per heavy atom. The molecule has 0 aliphatic carbocycles. The van der Waals surface area contributed by atoms with Crippen molar-refractivity contribution in [2.75, 3.05) is 25.7 Å². The zero-order chi connectivity index (χ0) is 12.7. The molecule has 0 fully saturated rings. The highest BCUT2D eigenvalue weighted by molar-refractivity contribution is 7.99. The summed E-state index contributed by atoms with van der Waals surface area (Å²) in [4.78, 5) is 11.9. The second-order valence-electron chi connectivity index (χ2n) is 3.55. The molecule has 0 unspecified atom stereocenters. The number of benzene rings is 1. The van der Waals surface area contributed by atoms with Gasteiger partial charge in [-0.2, -0.15) is 11.8 Å². The van der Waals surface area contributed by atoms with Crippen molar-refractivity contribution in [2.45, 2.75) is 13.3 Å². The van der Waals surface area contributed by atoms with Crippen molar-refractivity contribution < 1.29 is 14.3 Å². The van der Waals surface area contributed by atoms with Crippen LogP contribution in [0.1, 0.15) is 23.7 Å². The molecule has 94 valence electrons. The van der Waals surface area contributed by atoms with E-state index in [1.807, 2.05) is 0 Å². The fourth-order valence-electron chi connectivity index (χ4n) is 1.40. The summed E-state index contributed by atoms with van der Waals surface area (Å²) < 4.78 is 10.3. The molecule has 0 heterocycles. The van der Waals surface area contributed by atoms with Gasteiger partial charge < -0.3 is 9.47 Å². The van der Waals surface area contributed by atoms with Gasteiger partial charge in [-0.1, -0.05) is 6.92 Å². The molecule has 1 rings (SSSR count). The molecule has 1 aromatic rings. The average Bonchev–Trinajstić information content (AvgIpc) is 2.38. The summed E-state index contributed by atoms with van der Waals surface area (Å²) in [5.74, 6) is 2.90. The normalized spacial score (nSPS) is 10.1. The molecule has 0 saturated carbocycles. The Hall–Kier alpha value is -1.16. The van der Waals surface area contributed by atoms with Gasteiger partial charge in [0.05, 0.1) is 20.0 Å². The van der Waals surface area contributed by atoms with Crippen molar-refractivity contribution in [3.05, 3.63) is 23.8 Å². The topological polar surface area (TPSA) is 35.5 Å². The molecule has 0 spiro atoms. The van der Waals surface area contributed by atoms with E-state index in [9.17, 15) is 4.79 Å². The van der Waals surface area contributed by atoms with Gasteiger partial charge in [0.2, 0.25) is 0 Å². The van der Waals surface area contributed by atoms with E-state index in [1.165, 1.54) is 0 Å². The van der Waals surface area contributed by atoms with E-state index in [0.29, 0.717) is 22.8 Å². The minimum absolute atomic E-state index is 0.129. The molecule has 0 saturated heterocycles. The van der Waals surface area contributed by atoms with Crippen LogP contribution in [0.5, 0.6) is 11.5 Å². The van der Waals surface area contributed by atoms with Crippen LogP contribution in [0.25, 0.3) is 0 Å². The molecule has 0 atom stereocenters. The third kappa shape index (κ3) is 3.97. The molecule has 17 heavy (non-hydrogen) atoms. The first-order chi connectivity index (χ1) is 8.22. The number of methoxy groups -OCH3 is 2. The van der Waals surface area contributed by atoms with Crippen molar-refractivity contribution in [1.82, 2.24) is 0 Å². The van der Waals surface area contributed by atoms with Gasteiger partial charge in [-0.05, 0) is 30.4 Å². The molecule has 0 aromatic heterocycles. The van der Waals surface area contributed by atoms with Crippen LogP contribution >= 0.6 is 11.8 Å². The maximum absolute atomic E-state index is 11.9. The Kier molecular flexibility index (Phi) is 5.91. The second-order valence-corrected chi connectivity index (χ2v) is 4.65. The summed E-state index contributed by atoms with van der Waals surface area (Å²) in [6.07, 6.45) is 1.09. The Labute approximate surface area is 106 Å². The molecular formula is C13H18O3S. The van der Waals surface area contributed by atoms with E-state index in [1.54, 1.807) is 44.2 Å². The summed E-state index contributed by atoms with van der Waals surface area (Å²) in [6.45, 7) is 2.11. The first-order valence-electron chi connectivity index (χ1n) is 5.55. The number of ketones is 1. The summed E-state index contributed by atoms with van der Waals surface area (Å²) >= 11 is 1.66. The molecule has 0 aliphatic heterocycles. The van der Waals surface area contributed by atoms with E-state index in [-0.39, 0.29) is 5.78 Å². The number of thioether (sulfide) groups is 1. The van der Waals surface area contributed by atoms with Gasteiger partial charge in [-0.15, -0.1) is 0 Å². The maximum atomic E-state index is 11.9. The fourth-order valence-corrected chi connectivity index (χ4v) is 2.19. The first-order valence-corrected chi connectivity index (χ1v) is 6.71. The number of ether oxygens (including phenoxy) is 2. The number of carbonyl (C=O) groups excluding carboxylic acids is 1. The van der Waals surface area contributed by atoms with Gasteiger partial charge in [-0.3, -0.25) is 4.79 Å². The predicted octanol–water partition coefficient (Wildman–Crippen LogP) is 3.03. The minimum Gasteiger partial charge on any atom is -0.493 e. The smallest absolute Gasteiger partial charge is 0.172 e. The first kappa shape index (κ1) is 13.9. The molecule has 0 aliphatic rings. The molecule has 3 nitrogen and oxygen atoms in total. The fraction of sp³-hybridized carbons (Fsp3) is 0.462. The third-order valence-corrected chi connectivity index (χ3v) is 3.45. The second kappa shape index (κ2) is 7.22. The molecule has 0 radical (unpaired) electrons. The molecular weight excluding hydrogens is 236 g/mol. The molecule has 4 heteroatoms. The van der Waals surface area contributed by atoms with Crippen molar-refractivity contribution in [2.24, 2.45) is 0 Å². The quantitative estimate of drug-likeness (QED) is 0.553. The van der Waals surface area contributed by atoms with Crippen LogP contribution in [0, 0.1) is 0 Å². The number of hydrogen-bond acceptors (Lipinski definition) is 4. The molecule has 0 bridgehead atoms. The zero-order valence-corrected chi connectivity index (χ0v) is 11.3. The Bertz CT molecular complexity index is 377. The van der Waals surface area contributed by atoms with Gasteiger partial charge in [0.15, 0.2) is 17.3 Å². The monoisotopic (exact) mass is 254 g/mol. The lowest BCUT2D eigenvalue weighted by Crippen LogP contribution is -2.03. The Balaban J connectivity index is 2.74. The molecule has 1 aromatic carbocycles. The van der Waals surface area contributed by atoms with Gasteiger partial charge in [0.25, 0.3) is 0 Å². The highest BCUT2D eigenvalue weighted by Gasteiger charge is 2.10. The van der Waals surface area contributed by atoms with E-state index in [4.69, 9.17) is 9.47 Å². The average molecular weight is 254 g/mol. The number of rotatable bonds is 7. The van der Waals surface area contributed by atoms with Crippen LogP contribution in [-0.2, 0) is 0 Å². The van der Waals surface area contributed by atoms with Crippen molar-refractivity contribution >= 4 is 17.5 Å². The van der Waals surface area contributed by atoms with Crippen LogP contribution in [0.2, 0.25) is 0 Å². The van der Waals surface area contributed by atoms with Crippen molar-refractivity contribution in [1.29, 1.82) is 0 Å². The predicted molar refractivity (Wildman–Crippen MR) is 71.5 cm³/mol. The lowest BCUT2D eigenvalue weighted by molar-refractivity contribution is 0.102. The van der Waals surface area contributed by atoms with Crippen molar-refractivity contribution in [3.8, 4) is 11.5 Å². The van der Waals surface area contributed by atoms with Crippen LogP contribution in [0.15, 0.2) is 18.2 Å². The van der Waals surface area contributed by atoms with Crippen molar-refractivity contribution in [3.63, 3.8) is 0 Å². The minimum atomic E-state index is 0.129. The highest BCUT2D eigenvalue weighted by atomic mass is 32.2. The van der Waals surface area contributed by atoms with E-state index in [2.05, 4.69) is 6.92 Å². The zero-order valence-electron chi connectivity index (χ0n) is 10.5. The number of carbonyl (C=O) groups is 1. The summed E-state index contributed by atoms with van der Waals surface area (Å²) in [5, 5.41) is 0. The highest BCUT2D eigenvalue weighted by Crippen LogP contribution is 2.28. The lowest BCUT2D eigenvalue weighted by Gasteiger charge is -2.08. The summed E-state index contributed by atoms with van der Waals surface area (Å²) in [6, 6.07) is 5.26. The van der Waals surface area contributed by atoms with Gasteiger partial charge in [0, 0.05) is 5.56 Å². The Morgan fingerprint density at radius 1 is 1.24 bits per heavy atom. The van der Waals surface area contributed by atoms with Gasteiger partial charge in [0.1, 0.15) is 0 Å². The van der Waals surface area contributed by atoms with E-state index >= 15 is 0 Å².